The average molecular weight is 445 g/mol. The van der Waals surface area contributed by atoms with Crippen LogP contribution in [0, 0.1) is 0 Å². The SMILES string of the molecule is C(=Nc1c(C2CCCC2)cccc1C1CCCC1)c1cccc(-c2cccc3ccccc23)n1. The fraction of sp³-hybridized carbons (Fsp3) is 0.312. The van der Waals surface area contributed by atoms with Gasteiger partial charge in [-0.25, -0.2) is 4.98 Å². The monoisotopic (exact) mass is 444 g/mol. The van der Waals surface area contributed by atoms with Gasteiger partial charge in [0.05, 0.1) is 23.3 Å². The van der Waals surface area contributed by atoms with E-state index in [0.29, 0.717) is 11.8 Å². The van der Waals surface area contributed by atoms with Crippen molar-refractivity contribution in [1.29, 1.82) is 0 Å². The van der Waals surface area contributed by atoms with E-state index in [0.717, 1.165) is 11.4 Å². The van der Waals surface area contributed by atoms with Crippen LogP contribution in [0.15, 0.2) is 83.9 Å². The van der Waals surface area contributed by atoms with Gasteiger partial charge in [-0.1, -0.05) is 92.4 Å². The van der Waals surface area contributed by atoms with Crippen molar-refractivity contribution in [3.05, 3.63) is 95.7 Å². The predicted molar refractivity (Wildman–Crippen MR) is 143 cm³/mol. The lowest BCUT2D eigenvalue weighted by atomic mass is 9.88. The Hall–Kier alpha value is -3.26. The van der Waals surface area contributed by atoms with E-state index in [-0.39, 0.29) is 0 Å². The second-order valence-corrected chi connectivity index (χ2v) is 9.98. The summed E-state index contributed by atoms with van der Waals surface area (Å²) in [7, 11) is 0. The molecule has 2 nitrogen and oxygen atoms in total. The molecule has 2 saturated carbocycles. The molecule has 4 aromatic rings. The molecule has 2 aliphatic rings. The topological polar surface area (TPSA) is 25.2 Å². The van der Waals surface area contributed by atoms with Gasteiger partial charge in [0.25, 0.3) is 0 Å². The second-order valence-electron chi connectivity index (χ2n) is 9.98. The van der Waals surface area contributed by atoms with Crippen molar-refractivity contribution >= 4 is 22.7 Å². The van der Waals surface area contributed by atoms with Crippen LogP contribution in [0.3, 0.4) is 0 Å². The molecule has 0 radical (unpaired) electrons. The van der Waals surface area contributed by atoms with Gasteiger partial charge in [-0.3, -0.25) is 4.99 Å². The maximum absolute atomic E-state index is 5.18. The van der Waals surface area contributed by atoms with Crippen molar-refractivity contribution in [3.63, 3.8) is 0 Å². The number of para-hydroxylation sites is 1. The highest BCUT2D eigenvalue weighted by Gasteiger charge is 2.25. The van der Waals surface area contributed by atoms with E-state index < -0.39 is 0 Å². The molecule has 2 heteroatoms. The summed E-state index contributed by atoms with van der Waals surface area (Å²) in [6.45, 7) is 0. The fourth-order valence-corrected chi connectivity index (χ4v) is 6.11. The number of aliphatic imine (C=N–C) groups is 1. The first-order valence-electron chi connectivity index (χ1n) is 13.0. The normalized spacial score (nSPS) is 17.3. The summed E-state index contributed by atoms with van der Waals surface area (Å²) in [5, 5.41) is 2.48. The highest BCUT2D eigenvalue weighted by molar-refractivity contribution is 5.96. The van der Waals surface area contributed by atoms with E-state index in [2.05, 4.69) is 78.9 Å². The van der Waals surface area contributed by atoms with Crippen LogP contribution in [0.1, 0.15) is 80.0 Å². The maximum Gasteiger partial charge on any atom is 0.0820 e. The van der Waals surface area contributed by atoms with Crippen molar-refractivity contribution in [3.8, 4) is 11.3 Å². The number of aromatic nitrogens is 1. The van der Waals surface area contributed by atoms with Crippen LogP contribution in [-0.4, -0.2) is 11.2 Å². The number of rotatable bonds is 5. The van der Waals surface area contributed by atoms with Crippen molar-refractivity contribution in [2.24, 2.45) is 4.99 Å². The molecule has 3 aromatic carbocycles. The molecule has 0 spiro atoms. The lowest BCUT2D eigenvalue weighted by Crippen LogP contribution is -2.00. The minimum absolute atomic E-state index is 0.656. The standard InChI is InChI=1S/C32H32N2/c1-2-12-24(11-1)28-18-9-19-29(25-13-3-4-14-25)32(28)33-22-26-16-8-21-31(34-26)30-20-7-15-23-10-5-6-17-27(23)30/h5-10,15-22,24-25H,1-4,11-14H2. The molecule has 170 valence electrons. The summed E-state index contributed by atoms with van der Waals surface area (Å²) in [5.41, 5.74) is 7.25. The van der Waals surface area contributed by atoms with Gasteiger partial charge < -0.3 is 0 Å². The molecule has 1 heterocycles. The third kappa shape index (κ3) is 4.18. The lowest BCUT2D eigenvalue weighted by molar-refractivity contribution is 0.702. The number of hydrogen-bond acceptors (Lipinski definition) is 2. The van der Waals surface area contributed by atoms with Gasteiger partial charge in [0.2, 0.25) is 0 Å². The van der Waals surface area contributed by atoms with Crippen LogP contribution in [0.5, 0.6) is 0 Å². The summed E-state index contributed by atoms with van der Waals surface area (Å²) in [4.78, 5) is 10.2. The molecule has 0 saturated heterocycles. The van der Waals surface area contributed by atoms with Crippen LogP contribution in [0.4, 0.5) is 5.69 Å². The predicted octanol–water partition coefficient (Wildman–Crippen LogP) is 8.97. The minimum Gasteiger partial charge on any atom is -0.254 e. The highest BCUT2D eigenvalue weighted by Crippen LogP contribution is 2.45. The Kier molecular flexibility index (Phi) is 5.97. The van der Waals surface area contributed by atoms with Gasteiger partial charge in [0.1, 0.15) is 0 Å². The fourth-order valence-electron chi connectivity index (χ4n) is 6.11. The Morgan fingerprint density at radius 1 is 0.647 bits per heavy atom. The first-order valence-corrected chi connectivity index (χ1v) is 13.0. The van der Waals surface area contributed by atoms with E-state index in [1.54, 1.807) is 0 Å². The zero-order chi connectivity index (χ0) is 22.7. The molecule has 2 fully saturated rings. The van der Waals surface area contributed by atoms with E-state index in [1.165, 1.54) is 84.5 Å². The Morgan fingerprint density at radius 2 is 1.26 bits per heavy atom. The van der Waals surface area contributed by atoms with Gasteiger partial charge in [0.15, 0.2) is 0 Å². The van der Waals surface area contributed by atoms with E-state index in [4.69, 9.17) is 9.98 Å². The summed E-state index contributed by atoms with van der Waals surface area (Å²) in [6, 6.07) is 28.2. The molecule has 0 atom stereocenters. The summed E-state index contributed by atoms with van der Waals surface area (Å²) in [6.07, 6.45) is 12.6. The molecule has 0 unspecified atom stereocenters. The zero-order valence-corrected chi connectivity index (χ0v) is 19.8. The Balaban J connectivity index is 1.39. The molecule has 34 heavy (non-hydrogen) atoms. The van der Waals surface area contributed by atoms with Crippen LogP contribution < -0.4 is 0 Å². The first-order chi connectivity index (χ1) is 16.9. The third-order valence-corrected chi connectivity index (χ3v) is 7.85. The Morgan fingerprint density at radius 3 is 2.00 bits per heavy atom. The molecule has 0 aliphatic heterocycles. The van der Waals surface area contributed by atoms with Crippen molar-refractivity contribution in [2.45, 2.75) is 63.2 Å². The van der Waals surface area contributed by atoms with Gasteiger partial charge in [-0.2, -0.15) is 0 Å². The number of hydrogen-bond donors (Lipinski definition) is 0. The van der Waals surface area contributed by atoms with E-state index in [1.807, 2.05) is 6.21 Å². The zero-order valence-electron chi connectivity index (χ0n) is 19.8. The summed E-state index contributed by atoms with van der Waals surface area (Å²) in [5.74, 6) is 1.31. The summed E-state index contributed by atoms with van der Waals surface area (Å²) >= 11 is 0. The number of nitrogens with zero attached hydrogens (tertiary/aromatic N) is 2. The second kappa shape index (κ2) is 9.54. The first kappa shape index (κ1) is 21.3. The van der Waals surface area contributed by atoms with Crippen LogP contribution in [0.2, 0.25) is 0 Å². The van der Waals surface area contributed by atoms with Crippen LogP contribution in [-0.2, 0) is 0 Å². The van der Waals surface area contributed by atoms with Gasteiger partial charge >= 0.3 is 0 Å². The molecular weight excluding hydrogens is 412 g/mol. The Labute approximate surface area is 202 Å². The maximum atomic E-state index is 5.18. The molecule has 0 amide bonds. The van der Waals surface area contributed by atoms with Gasteiger partial charge in [-0.15, -0.1) is 0 Å². The number of pyridine rings is 1. The molecule has 0 bridgehead atoms. The van der Waals surface area contributed by atoms with Crippen LogP contribution in [0.25, 0.3) is 22.0 Å². The van der Waals surface area contributed by atoms with Gasteiger partial charge in [0, 0.05) is 5.56 Å². The van der Waals surface area contributed by atoms with Gasteiger partial charge in [-0.05, 0) is 71.6 Å². The molecule has 2 aliphatic carbocycles. The smallest absolute Gasteiger partial charge is 0.0820 e. The highest BCUT2D eigenvalue weighted by atomic mass is 14.8. The van der Waals surface area contributed by atoms with Crippen molar-refractivity contribution in [1.82, 2.24) is 4.98 Å². The molecule has 1 aromatic heterocycles. The van der Waals surface area contributed by atoms with Crippen molar-refractivity contribution < 1.29 is 0 Å². The summed E-state index contributed by atoms with van der Waals surface area (Å²) < 4.78 is 0. The minimum atomic E-state index is 0.656. The third-order valence-electron chi connectivity index (χ3n) is 7.85. The number of benzene rings is 3. The largest absolute Gasteiger partial charge is 0.254 e. The molecule has 6 rings (SSSR count). The molecular formula is C32H32N2. The van der Waals surface area contributed by atoms with E-state index >= 15 is 0 Å². The number of fused-ring (bicyclic) bond motifs is 1. The average Bonchev–Trinajstić information content (AvgIpc) is 3.62. The Bertz CT molecular complexity index is 1280. The van der Waals surface area contributed by atoms with Crippen molar-refractivity contribution in [2.75, 3.05) is 0 Å². The molecule has 0 N–H and O–H groups in total. The van der Waals surface area contributed by atoms with Crippen LogP contribution >= 0.6 is 0 Å². The lowest BCUT2D eigenvalue weighted by Gasteiger charge is -2.19. The van der Waals surface area contributed by atoms with E-state index in [9.17, 15) is 0 Å². The quantitative estimate of drug-likeness (QED) is 0.282.